The first-order chi connectivity index (χ1) is 25.6. The van der Waals surface area contributed by atoms with Crippen LogP contribution in [0, 0.1) is 18.8 Å². The highest BCUT2D eigenvalue weighted by Gasteiger charge is 2.25. The molecule has 1 amide bonds. The van der Waals surface area contributed by atoms with Crippen LogP contribution in [0.5, 0.6) is 11.5 Å². The quantitative estimate of drug-likeness (QED) is 0.121. The van der Waals surface area contributed by atoms with Gasteiger partial charge in [0.2, 0.25) is 0 Å². The first kappa shape index (κ1) is 41.7. The number of H-pyrrole nitrogens is 1. The van der Waals surface area contributed by atoms with Crippen molar-refractivity contribution in [3.05, 3.63) is 98.2 Å². The maximum atomic E-state index is 12.7. The fourth-order valence-electron chi connectivity index (χ4n) is 5.49. The van der Waals surface area contributed by atoms with Crippen molar-refractivity contribution < 1.29 is 42.7 Å². The van der Waals surface area contributed by atoms with Gasteiger partial charge in [0.1, 0.15) is 16.1 Å². The summed E-state index contributed by atoms with van der Waals surface area (Å²) in [4.78, 5) is 32.5. The molecule has 3 aromatic heterocycles. The standard InChI is InChI=1S/C19H17Cl2F2NO4.C12H12N2O2S.C7H15N/c20-14-7-24-8-15(21)13(14)6-17(27-10-25)12-3-4-16(28-19(22)23)18(5-12)26-9-11-1-2-11;1-9-4-5-11(17-9)8-14(12(15)16)10-3-2-6-13-7-10;1-2-7-3-5-8-6-4-7/h3-5,7-8,10-11,17,19H,1-2,6,9H2;2-7H,8H2,1H3,(H,15,16);7-8H,2-6H2,1H3/p+1. The smallest absolute Gasteiger partial charge is 0.412 e. The van der Waals surface area contributed by atoms with E-state index in [4.69, 9.17) is 32.7 Å². The normalized spacial score (nSPS) is 14.5. The van der Waals surface area contributed by atoms with Gasteiger partial charge in [-0.3, -0.25) is 14.7 Å². The third kappa shape index (κ3) is 14.0. The number of carboxylic acid groups (broad SMARTS) is 1. The van der Waals surface area contributed by atoms with Gasteiger partial charge >= 0.3 is 12.7 Å². The second kappa shape index (κ2) is 21.6. The molecule has 3 N–H and O–H groups in total. The molecule has 1 aliphatic carbocycles. The number of amides is 1. The van der Waals surface area contributed by atoms with Crippen molar-refractivity contribution in [2.45, 2.75) is 71.6 Å². The Hall–Kier alpha value is -4.04. The Morgan fingerprint density at radius 3 is 2.38 bits per heavy atom. The lowest BCUT2D eigenvalue weighted by molar-refractivity contribution is -0.377. The minimum Gasteiger partial charge on any atom is -0.489 e. The SMILES string of the molecule is CCC1CCNCC1.Cc1ccc(CN(C(=O)O)c2cccnc2)s1.O=COC(Cc1c(Cl)c[nH+]cc1Cl)c1ccc(OC(F)F)c(OCC2CC2)c1. The van der Waals surface area contributed by atoms with E-state index in [-0.39, 0.29) is 17.9 Å². The molecule has 1 aromatic carbocycles. The van der Waals surface area contributed by atoms with Crippen LogP contribution in [0.1, 0.15) is 66.0 Å². The summed E-state index contributed by atoms with van der Waals surface area (Å²) in [5.74, 6) is 1.54. The average Bonchev–Trinajstić information content (AvgIpc) is 3.90. The van der Waals surface area contributed by atoms with E-state index in [1.165, 1.54) is 60.3 Å². The molecule has 2 fully saturated rings. The van der Waals surface area contributed by atoms with Crippen molar-refractivity contribution in [2.24, 2.45) is 11.8 Å². The van der Waals surface area contributed by atoms with E-state index in [0.717, 1.165) is 23.6 Å². The molecule has 1 aliphatic heterocycles. The number of anilines is 1. The molecule has 1 saturated carbocycles. The van der Waals surface area contributed by atoms with Gasteiger partial charge < -0.3 is 24.6 Å². The van der Waals surface area contributed by atoms with E-state index in [1.807, 2.05) is 19.1 Å². The highest BCUT2D eigenvalue weighted by molar-refractivity contribution is 7.11. The molecule has 0 spiro atoms. The van der Waals surface area contributed by atoms with Crippen LogP contribution in [0.25, 0.3) is 0 Å². The molecule has 2 aliphatic rings. The number of hydrogen-bond donors (Lipinski definition) is 2. The summed E-state index contributed by atoms with van der Waals surface area (Å²) in [6, 6.07) is 11.8. The number of halogens is 4. The van der Waals surface area contributed by atoms with E-state index in [0.29, 0.717) is 52.4 Å². The maximum absolute atomic E-state index is 12.7. The summed E-state index contributed by atoms with van der Waals surface area (Å²) in [6.07, 6.45) is 11.1. The number of aromatic nitrogens is 2. The number of nitrogens with zero attached hydrogens (tertiary/aromatic N) is 2. The Bertz CT molecular complexity index is 1710. The average molecular weight is 795 g/mol. The molecule has 4 heterocycles. The van der Waals surface area contributed by atoms with E-state index >= 15 is 0 Å². The minimum atomic E-state index is -2.98. The largest absolute Gasteiger partial charge is 0.489 e. The van der Waals surface area contributed by atoms with Crippen molar-refractivity contribution in [1.82, 2.24) is 10.3 Å². The third-order valence-corrected chi connectivity index (χ3v) is 10.3. The summed E-state index contributed by atoms with van der Waals surface area (Å²) in [5, 5.41) is 13.3. The Morgan fingerprint density at radius 1 is 1.09 bits per heavy atom. The number of ether oxygens (including phenoxy) is 3. The molecule has 15 heteroatoms. The maximum Gasteiger partial charge on any atom is 0.412 e. The van der Waals surface area contributed by atoms with Gasteiger partial charge in [-0.2, -0.15) is 8.78 Å². The summed E-state index contributed by atoms with van der Waals surface area (Å²) >= 11 is 14.0. The van der Waals surface area contributed by atoms with Gasteiger partial charge in [-0.25, -0.2) is 9.78 Å². The highest BCUT2D eigenvalue weighted by Crippen LogP contribution is 2.37. The van der Waals surface area contributed by atoms with Crippen molar-refractivity contribution in [2.75, 3.05) is 24.6 Å². The fraction of sp³-hybridized carbons (Fsp3) is 0.421. The molecule has 1 unspecified atom stereocenters. The first-order valence-electron chi connectivity index (χ1n) is 17.4. The lowest BCUT2D eigenvalue weighted by Crippen LogP contribution is -2.28. The van der Waals surface area contributed by atoms with E-state index in [1.54, 1.807) is 48.3 Å². The molecule has 4 aromatic rings. The van der Waals surface area contributed by atoms with Gasteiger partial charge in [0.05, 0.1) is 25.0 Å². The molecule has 53 heavy (non-hydrogen) atoms. The molecule has 286 valence electrons. The van der Waals surface area contributed by atoms with Crippen molar-refractivity contribution in [1.29, 1.82) is 0 Å². The van der Waals surface area contributed by atoms with Crippen LogP contribution in [-0.4, -0.2) is 49.0 Å². The van der Waals surface area contributed by atoms with E-state index in [9.17, 15) is 23.5 Å². The molecule has 1 saturated heterocycles. The molecule has 0 bridgehead atoms. The van der Waals surface area contributed by atoms with Crippen molar-refractivity contribution in [3.8, 4) is 11.5 Å². The number of thiophene rings is 1. The predicted molar refractivity (Wildman–Crippen MR) is 201 cm³/mol. The Balaban J connectivity index is 0.000000210. The van der Waals surface area contributed by atoms with Gasteiger partial charge in [-0.15, -0.1) is 11.3 Å². The van der Waals surface area contributed by atoms with Crippen LogP contribution in [-0.2, 0) is 22.5 Å². The number of piperidine rings is 1. The number of pyridine rings is 2. The van der Waals surface area contributed by atoms with E-state index < -0.39 is 18.8 Å². The number of aryl methyl sites for hydroxylation is 1. The molecule has 1 atom stereocenters. The molecule has 10 nitrogen and oxygen atoms in total. The monoisotopic (exact) mass is 793 g/mol. The van der Waals surface area contributed by atoms with E-state index in [2.05, 4.69) is 26.9 Å². The molecular weight excluding hydrogens is 749 g/mol. The zero-order valence-electron chi connectivity index (χ0n) is 29.6. The Labute approximate surface area is 322 Å². The zero-order chi connectivity index (χ0) is 38.2. The predicted octanol–water partition coefficient (Wildman–Crippen LogP) is 9.19. The third-order valence-electron chi connectivity index (χ3n) is 8.67. The van der Waals surface area contributed by atoms with Crippen LogP contribution < -0.4 is 24.7 Å². The number of hydrogen-bond acceptors (Lipinski definition) is 8. The van der Waals surface area contributed by atoms with Crippen LogP contribution in [0.2, 0.25) is 10.0 Å². The Kier molecular flexibility index (Phi) is 17.0. The summed E-state index contributed by atoms with van der Waals surface area (Å²) < 4.78 is 40.8. The number of alkyl halides is 2. The van der Waals surface area contributed by atoms with Crippen molar-refractivity contribution in [3.63, 3.8) is 0 Å². The zero-order valence-corrected chi connectivity index (χ0v) is 31.9. The molecule has 6 rings (SSSR count). The summed E-state index contributed by atoms with van der Waals surface area (Å²) in [5.41, 5.74) is 1.72. The van der Waals surface area contributed by atoms with Gasteiger partial charge in [0.25, 0.3) is 6.47 Å². The molecule has 0 radical (unpaired) electrons. The topological polar surface area (TPSA) is 124 Å². The van der Waals surface area contributed by atoms with Crippen LogP contribution in [0.15, 0.2) is 67.3 Å². The lowest BCUT2D eigenvalue weighted by atomic mass is 9.96. The Morgan fingerprint density at radius 2 is 1.83 bits per heavy atom. The first-order valence-corrected chi connectivity index (χ1v) is 19.0. The number of aromatic amines is 1. The minimum absolute atomic E-state index is 0.0744. The van der Waals surface area contributed by atoms with Gasteiger partial charge in [0.15, 0.2) is 23.9 Å². The number of nitrogens with one attached hydrogen (secondary N) is 2. The summed E-state index contributed by atoms with van der Waals surface area (Å²) in [7, 11) is 0. The van der Waals surface area contributed by atoms with Crippen LogP contribution in [0.4, 0.5) is 19.3 Å². The van der Waals surface area contributed by atoms with Crippen LogP contribution >= 0.6 is 34.5 Å². The number of rotatable bonds is 14. The fourth-order valence-corrected chi connectivity index (χ4v) is 6.90. The summed E-state index contributed by atoms with van der Waals surface area (Å²) in [6.45, 7) is 4.90. The molecular formula is C38H45Cl2F2N4O6S+. The second-order valence-corrected chi connectivity index (χ2v) is 14.8. The second-order valence-electron chi connectivity index (χ2n) is 12.6. The highest BCUT2D eigenvalue weighted by atomic mass is 35.5. The number of carbonyl (C=O) groups is 2. The van der Waals surface area contributed by atoms with Crippen LogP contribution in [0.3, 0.4) is 0 Å². The van der Waals surface area contributed by atoms with Crippen molar-refractivity contribution >= 4 is 52.8 Å². The van der Waals surface area contributed by atoms with Gasteiger partial charge in [0, 0.05) is 27.9 Å². The lowest BCUT2D eigenvalue weighted by Gasteiger charge is -2.20. The number of carbonyl (C=O) groups excluding carboxylic acids is 1. The van der Waals surface area contributed by atoms with Gasteiger partial charge in [-0.1, -0.05) is 42.6 Å². The van der Waals surface area contributed by atoms with Gasteiger partial charge in [-0.05, 0) is 99.5 Å². The number of benzene rings is 1.